The topological polar surface area (TPSA) is 69.0 Å². The van der Waals surface area contributed by atoms with Gasteiger partial charge < -0.3 is 4.90 Å². The number of rotatable bonds is 2. The summed E-state index contributed by atoms with van der Waals surface area (Å²) in [7, 11) is 0. The number of H-pyrrole nitrogens is 2. The zero-order valence-electron chi connectivity index (χ0n) is 10.5. The molecule has 2 N–H and O–H groups in total. The molecular formula is C14H15N3O2. The van der Waals surface area contributed by atoms with Crippen LogP contribution in [0.1, 0.15) is 12.8 Å². The average Bonchev–Trinajstić information content (AvgIpc) is 2.87. The van der Waals surface area contributed by atoms with Crippen LogP contribution in [-0.4, -0.2) is 29.1 Å². The third kappa shape index (κ3) is 2.45. The monoisotopic (exact) mass is 257 g/mol. The summed E-state index contributed by atoms with van der Waals surface area (Å²) in [5.74, 6) is 0.345. The molecule has 2 aromatic rings. The van der Waals surface area contributed by atoms with Gasteiger partial charge in [0.05, 0.1) is 5.69 Å². The molecule has 1 aromatic heterocycles. The molecule has 1 aromatic carbocycles. The fourth-order valence-electron chi connectivity index (χ4n) is 2.35. The highest BCUT2D eigenvalue weighted by Crippen LogP contribution is 2.22. The number of Topliss-reactive ketones (excluding diaryl/α,β-unsaturated/α-hetero) is 1. The molecule has 2 heterocycles. The van der Waals surface area contributed by atoms with Crippen LogP contribution in [-0.2, 0) is 4.79 Å². The molecule has 0 bridgehead atoms. The Bertz CT molecular complexity index is 629. The number of anilines is 1. The number of aromatic nitrogens is 2. The number of aromatic amines is 2. The standard InChI is InChI=1S/C14H15N3O2/c18-12-5-7-17(8-6-12)11-3-1-10(2-4-11)13-9-14(19)16-15-13/h1-4,9H,5-8H2,(H2,15,16,19). The van der Waals surface area contributed by atoms with Gasteiger partial charge in [0.25, 0.3) is 5.56 Å². The maximum absolute atomic E-state index is 11.2. The second kappa shape index (κ2) is 4.76. The van der Waals surface area contributed by atoms with Crippen LogP contribution in [0, 0.1) is 0 Å². The predicted octanol–water partition coefficient (Wildman–Crippen LogP) is 1.54. The molecule has 0 amide bonds. The van der Waals surface area contributed by atoms with Crippen molar-refractivity contribution in [3.8, 4) is 11.3 Å². The Morgan fingerprint density at radius 1 is 0.947 bits per heavy atom. The molecule has 3 rings (SSSR count). The van der Waals surface area contributed by atoms with Gasteiger partial charge in [-0.1, -0.05) is 12.1 Å². The SMILES string of the molecule is O=C1CCN(c2ccc(-c3cc(=O)[nH][nH]3)cc2)CC1. The highest BCUT2D eigenvalue weighted by Gasteiger charge is 2.16. The predicted molar refractivity (Wildman–Crippen MR) is 73.3 cm³/mol. The summed E-state index contributed by atoms with van der Waals surface area (Å²) >= 11 is 0. The third-order valence-electron chi connectivity index (χ3n) is 3.46. The summed E-state index contributed by atoms with van der Waals surface area (Å²) in [4.78, 5) is 24.5. The number of benzene rings is 1. The van der Waals surface area contributed by atoms with Gasteiger partial charge in [-0.25, -0.2) is 0 Å². The molecule has 0 unspecified atom stereocenters. The summed E-state index contributed by atoms with van der Waals surface area (Å²) in [5.41, 5.74) is 2.74. The van der Waals surface area contributed by atoms with Crippen molar-refractivity contribution < 1.29 is 4.79 Å². The molecular weight excluding hydrogens is 242 g/mol. The van der Waals surface area contributed by atoms with Crippen molar-refractivity contribution >= 4 is 11.5 Å². The van der Waals surface area contributed by atoms with Gasteiger partial charge in [-0.3, -0.25) is 19.8 Å². The molecule has 1 fully saturated rings. The van der Waals surface area contributed by atoms with Crippen molar-refractivity contribution in [1.82, 2.24) is 10.2 Å². The van der Waals surface area contributed by atoms with Crippen LogP contribution in [0.5, 0.6) is 0 Å². The van der Waals surface area contributed by atoms with E-state index in [1.165, 1.54) is 6.07 Å². The Hall–Kier alpha value is -2.30. The molecule has 1 saturated heterocycles. The maximum atomic E-state index is 11.2. The molecule has 0 atom stereocenters. The van der Waals surface area contributed by atoms with Crippen LogP contribution < -0.4 is 10.5 Å². The smallest absolute Gasteiger partial charge is 0.264 e. The number of carbonyl (C=O) groups is 1. The fraction of sp³-hybridized carbons (Fsp3) is 0.286. The van der Waals surface area contributed by atoms with Crippen LogP contribution in [0.25, 0.3) is 11.3 Å². The van der Waals surface area contributed by atoms with Crippen LogP contribution in [0.3, 0.4) is 0 Å². The Morgan fingerprint density at radius 3 is 2.21 bits per heavy atom. The first-order valence-electron chi connectivity index (χ1n) is 6.37. The van der Waals surface area contributed by atoms with Gasteiger partial charge in [-0.15, -0.1) is 0 Å². The summed E-state index contributed by atoms with van der Waals surface area (Å²) in [5, 5.41) is 5.35. The lowest BCUT2D eigenvalue weighted by molar-refractivity contribution is -0.119. The fourth-order valence-corrected chi connectivity index (χ4v) is 2.35. The maximum Gasteiger partial charge on any atom is 0.264 e. The van der Waals surface area contributed by atoms with E-state index in [0.29, 0.717) is 18.6 Å². The quantitative estimate of drug-likeness (QED) is 0.857. The van der Waals surface area contributed by atoms with Crippen molar-refractivity contribution in [1.29, 1.82) is 0 Å². The molecule has 19 heavy (non-hydrogen) atoms. The van der Waals surface area contributed by atoms with Crippen molar-refractivity contribution in [3.63, 3.8) is 0 Å². The van der Waals surface area contributed by atoms with E-state index in [1.807, 2.05) is 24.3 Å². The van der Waals surface area contributed by atoms with Gasteiger partial charge >= 0.3 is 0 Å². The minimum absolute atomic E-state index is 0.131. The Labute approximate surface area is 110 Å². The summed E-state index contributed by atoms with van der Waals surface area (Å²) in [6, 6.07) is 9.54. The number of hydrogen-bond acceptors (Lipinski definition) is 3. The van der Waals surface area contributed by atoms with E-state index in [2.05, 4.69) is 15.1 Å². The molecule has 5 heteroatoms. The van der Waals surface area contributed by atoms with E-state index in [9.17, 15) is 9.59 Å². The first-order valence-corrected chi connectivity index (χ1v) is 6.37. The molecule has 0 aliphatic carbocycles. The highest BCUT2D eigenvalue weighted by atomic mass is 16.1. The van der Waals surface area contributed by atoms with Crippen LogP contribution in [0.15, 0.2) is 35.1 Å². The zero-order valence-corrected chi connectivity index (χ0v) is 10.5. The number of carbonyl (C=O) groups excluding carboxylic acids is 1. The molecule has 0 spiro atoms. The lowest BCUT2D eigenvalue weighted by Gasteiger charge is -2.28. The summed E-state index contributed by atoms with van der Waals surface area (Å²) in [6.45, 7) is 1.58. The van der Waals surface area contributed by atoms with Gasteiger partial charge in [0.1, 0.15) is 5.78 Å². The van der Waals surface area contributed by atoms with Crippen molar-refractivity contribution in [2.75, 3.05) is 18.0 Å². The van der Waals surface area contributed by atoms with Crippen molar-refractivity contribution in [2.24, 2.45) is 0 Å². The normalized spacial score (nSPS) is 15.8. The number of piperidine rings is 1. The van der Waals surface area contributed by atoms with Gasteiger partial charge in [-0.2, -0.15) is 0 Å². The van der Waals surface area contributed by atoms with Crippen molar-refractivity contribution in [2.45, 2.75) is 12.8 Å². The van der Waals surface area contributed by atoms with Crippen molar-refractivity contribution in [3.05, 3.63) is 40.7 Å². The first kappa shape index (κ1) is 11.8. The second-order valence-corrected chi connectivity index (χ2v) is 4.74. The van der Waals surface area contributed by atoms with E-state index in [4.69, 9.17) is 0 Å². The Balaban J connectivity index is 1.79. The minimum Gasteiger partial charge on any atom is -0.371 e. The van der Waals surface area contributed by atoms with Gasteiger partial charge in [0.2, 0.25) is 0 Å². The zero-order chi connectivity index (χ0) is 13.2. The molecule has 5 nitrogen and oxygen atoms in total. The third-order valence-corrected chi connectivity index (χ3v) is 3.46. The molecule has 0 saturated carbocycles. The van der Waals surface area contributed by atoms with Gasteiger partial charge in [0, 0.05) is 37.7 Å². The van der Waals surface area contributed by atoms with Crippen LogP contribution in [0.4, 0.5) is 5.69 Å². The Kier molecular flexibility index (Phi) is 2.95. The van der Waals surface area contributed by atoms with E-state index in [-0.39, 0.29) is 5.56 Å². The van der Waals surface area contributed by atoms with Gasteiger partial charge in [0.15, 0.2) is 0 Å². The van der Waals surface area contributed by atoms with E-state index >= 15 is 0 Å². The highest BCUT2D eigenvalue weighted by molar-refractivity contribution is 5.81. The average molecular weight is 257 g/mol. The lowest BCUT2D eigenvalue weighted by Crippen LogP contribution is -2.33. The molecule has 0 radical (unpaired) electrons. The number of nitrogens with zero attached hydrogens (tertiary/aromatic N) is 1. The lowest BCUT2D eigenvalue weighted by atomic mass is 10.1. The Morgan fingerprint density at radius 2 is 1.63 bits per heavy atom. The molecule has 1 aliphatic heterocycles. The van der Waals surface area contributed by atoms with E-state index in [1.54, 1.807) is 0 Å². The van der Waals surface area contributed by atoms with E-state index in [0.717, 1.165) is 30.0 Å². The summed E-state index contributed by atoms with van der Waals surface area (Å²) < 4.78 is 0. The van der Waals surface area contributed by atoms with Crippen LogP contribution in [0.2, 0.25) is 0 Å². The number of hydrogen-bond donors (Lipinski definition) is 2. The second-order valence-electron chi connectivity index (χ2n) is 4.74. The van der Waals surface area contributed by atoms with E-state index < -0.39 is 0 Å². The largest absolute Gasteiger partial charge is 0.371 e. The summed E-state index contributed by atoms with van der Waals surface area (Å²) in [6.07, 6.45) is 1.26. The molecule has 1 aliphatic rings. The number of ketones is 1. The molecule has 98 valence electrons. The first-order chi connectivity index (χ1) is 9.22. The van der Waals surface area contributed by atoms with Crippen LogP contribution >= 0.6 is 0 Å². The number of nitrogens with one attached hydrogen (secondary N) is 2. The van der Waals surface area contributed by atoms with Gasteiger partial charge in [-0.05, 0) is 17.7 Å². The minimum atomic E-state index is -0.131.